The maximum atomic E-state index is 13.1. The number of hydrogen-bond acceptors (Lipinski definition) is 8. The van der Waals surface area contributed by atoms with Crippen LogP contribution in [0.5, 0.6) is 17.2 Å². The van der Waals surface area contributed by atoms with Gasteiger partial charge in [-0.05, 0) is 38.1 Å². The van der Waals surface area contributed by atoms with E-state index in [0.29, 0.717) is 47.9 Å². The minimum absolute atomic E-state index is 0.140. The smallest absolute Gasteiger partial charge is 0.252 e. The lowest BCUT2D eigenvalue weighted by Crippen LogP contribution is -2.29. The maximum Gasteiger partial charge on any atom is 0.252 e. The Hall–Kier alpha value is -3.79. The van der Waals surface area contributed by atoms with Crippen LogP contribution in [0.15, 0.2) is 38.3 Å². The molecule has 1 atom stereocenters. The molecule has 10 nitrogen and oxygen atoms in total. The largest absolute Gasteiger partial charge is 0.502 e. The molecular weight excluding hydrogens is 454 g/mol. The number of carbonyl (C=O) groups excluding carboxylic acids is 1. The van der Waals surface area contributed by atoms with Crippen molar-refractivity contribution in [1.82, 2.24) is 9.88 Å². The van der Waals surface area contributed by atoms with E-state index in [1.165, 1.54) is 6.07 Å². The second kappa shape index (κ2) is 9.46. The summed E-state index contributed by atoms with van der Waals surface area (Å²) in [6.45, 7) is 2.97. The topological polar surface area (TPSA) is 148 Å². The lowest BCUT2D eigenvalue weighted by molar-refractivity contribution is -0.118. The molecule has 1 saturated heterocycles. The van der Waals surface area contributed by atoms with Crippen LogP contribution in [0, 0.1) is 0 Å². The highest BCUT2D eigenvalue weighted by molar-refractivity contribution is 5.84. The van der Waals surface area contributed by atoms with Gasteiger partial charge in [0.1, 0.15) is 19.0 Å². The van der Waals surface area contributed by atoms with Crippen LogP contribution in [0.25, 0.3) is 10.9 Å². The number of benzene rings is 1. The van der Waals surface area contributed by atoms with E-state index in [1.54, 1.807) is 18.2 Å². The molecule has 2 aliphatic heterocycles. The number of ether oxygens (including phenoxy) is 2. The molecule has 0 spiro atoms. The van der Waals surface area contributed by atoms with Crippen LogP contribution < -0.4 is 26.2 Å². The number of aromatic amines is 1. The van der Waals surface area contributed by atoms with Crippen molar-refractivity contribution in [2.45, 2.75) is 38.1 Å². The predicted molar refractivity (Wildman–Crippen MR) is 127 cm³/mol. The summed E-state index contributed by atoms with van der Waals surface area (Å²) in [6, 6.07) is 6.25. The van der Waals surface area contributed by atoms with Crippen molar-refractivity contribution in [2.75, 3.05) is 26.3 Å². The first kappa shape index (κ1) is 23.0. The fourth-order valence-corrected chi connectivity index (χ4v) is 4.77. The summed E-state index contributed by atoms with van der Waals surface area (Å²) in [5, 5.41) is 11.2. The number of nitrogens with two attached hydrogens (primary N) is 1. The van der Waals surface area contributed by atoms with Gasteiger partial charge in [0, 0.05) is 29.5 Å². The van der Waals surface area contributed by atoms with Crippen molar-refractivity contribution in [2.24, 2.45) is 5.73 Å². The van der Waals surface area contributed by atoms with E-state index in [-0.39, 0.29) is 17.7 Å². The molecule has 1 aromatic carbocycles. The zero-order valence-corrected chi connectivity index (χ0v) is 19.2. The van der Waals surface area contributed by atoms with Crippen molar-refractivity contribution in [3.8, 4) is 17.2 Å². The number of rotatable bonds is 6. The molecule has 5 rings (SSSR count). The summed E-state index contributed by atoms with van der Waals surface area (Å²) in [4.78, 5) is 42.7. The van der Waals surface area contributed by atoms with Crippen LogP contribution in [0.3, 0.4) is 0 Å². The highest BCUT2D eigenvalue weighted by Gasteiger charge is 2.28. The number of primary amides is 1. The number of carbonyl (C=O) groups is 1. The summed E-state index contributed by atoms with van der Waals surface area (Å²) in [5.74, 6) is -1.13. The first-order valence-corrected chi connectivity index (χ1v) is 11.7. The van der Waals surface area contributed by atoms with Gasteiger partial charge in [0.15, 0.2) is 17.3 Å². The Kier molecular flexibility index (Phi) is 6.21. The molecule has 0 aliphatic carbocycles. The fourth-order valence-electron chi connectivity index (χ4n) is 4.77. The number of amides is 1. The Morgan fingerprint density at radius 1 is 1.06 bits per heavy atom. The Morgan fingerprint density at radius 3 is 2.49 bits per heavy atom. The van der Waals surface area contributed by atoms with E-state index in [2.05, 4.69) is 9.88 Å². The van der Waals surface area contributed by atoms with E-state index < -0.39 is 28.6 Å². The number of nitrogens with zero attached hydrogens (tertiary/aromatic N) is 1. The highest BCUT2D eigenvalue weighted by atomic mass is 16.6. The highest BCUT2D eigenvalue weighted by Crippen LogP contribution is 2.36. The monoisotopic (exact) mass is 481 g/mol. The van der Waals surface area contributed by atoms with Crippen LogP contribution in [0.2, 0.25) is 0 Å². The molecule has 184 valence electrons. The molecule has 3 aromatic rings. The second-order valence-corrected chi connectivity index (χ2v) is 8.99. The normalized spacial score (nSPS) is 16.8. The van der Waals surface area contributed by atoms with E-state index in [9.17, 15) is 19.5 Å². The molecule has 2 aliphatic rings. The van der Waals surface area contributed by atoms with Gasteiger partial charge >= 0.3 is 0 Å². The summed E-state index contributed by atoms with van der Waals surface area (Å²) in [5.41, 5.74) is 5.03. The average Bonchev–Trinajstić information content (AvgIpc) is 2.84. The number of hydrogen-bond donors (Lipinski definition) is 3. The van der Waals surface area contributed by atoms with Crippen molar-refractivity contribution in [3.63, 3.8) is 0 Å². The van der Waals surface area contributed by atoms with E-state index >= 15 is 0 Å². The summed E-state index contributed by atoms with van der Waals surface area (Å²) in [6.07, 6.45) is 2.95. The third-order valence-electron chi connectivity index (χ3n) is 6.46. The van der Waals surface area contributed by atoms with E-state index in [0.717, 1.165) is 32.4 Å². The number of piperidine rings is 1. The number of aromatic hydroxyl groups is 1. The fraction of sp³-hybridized carbons (Fsp3) is 0.400. The van der Waals surface area contributed by atoms with Gasteiger partial charge < -0.3 is 29.7 Å². The summed E-state index contributed by atoms with van der Waals surface area (Å²) < 4.78 is 17.2. The van der Waals surface area contributed by atoms with Crippen LogP contribution in [-0.4, -0.2) is 47.2 Å². The maximum absolute atomic E-state index is 13.1. The van der Waals surface area contributed by atoms with Gasteiger partial charge in [-0.3, -0.25) is 19.3 Å². The SMILES string of the molecule is NC(=O)C[C@H](c1oc(CN2CCCCC2)cc(=O)c1O)c1cc2cc3c(cc2[nH]c1=O)OCCO3. The van der Waals surface area contributed by atoms with Crippen LogP contribution in [0.4, 0.5) is 0 Å². The molecule has 0 saturated carbocycles. The lowest BCUT2D eigenvalue weighted by atomic mass is 9.91. The first-order chi connectivity index (χ1) is 16.9. The number of pyridine rings is 1. The molecule has 0 unspecified atom stereocenters. The molecule has 2 aromatic heterocycles. The third kappa shape index (κ3) is 4.74. The molecule has 0 radical (unpaired) electrons. The second-order valence-electron chi connectivity index (χ2n) is 8.99. The van der Waals surface area contributed by atoms with Gasteiger partial charge in [0.25, 0.3) is 5.56 Å². The van der Waals surface area contributed by atoms with Crippen molar-refractivity contribution in [1.29, 1.82) is 0 Å². The zero-order valence-electron chi connectivity index (χ0n) is 19.2. The Balaban J connectivity index is 1.60. The van der Waals surface area contributed by atoms with Gasteiger partial charge in [-0.15, -0.1) is 0 Å². The molecule has 35 heavy (non-hydrogen) atoms. The van der Waals surface area contributed by atoms with Crippen molar-refractivity contribution < 1.29 is 23.8 Å². The van der Waals surface area contributed by atoms with Crippen molar-refractivity contribution in [3.05, 3.63) is 61.9 Å². The molecule has 4 N–H and O–H groups in total. The number of aromatic nitrogens is 1. The van der Waals surface area contributed by atoms with Gasteiger partial charge in [-0.2, -0.15) is 0 Å². The van der Waals surface area contributed by atoms with E-state index in [4.69, 9.17) is 19.6 Å². The summed E-state index contributed by atoms with van der Waals surface area (Å²) >= 11 is 0. The molecule has 0 bridgehead atoms. The predicted octanol–water partition coefficient (Wildman–Crippen LogP) is 1.95. The quantitative estimate of drug-likeness (QED) is 0.484. The zero-order chi connectivity index (χ0) is 24.5. The molecular formula is C25H27N3O7. The average molecular weight is 482 g/mol. The molecule has 1 fully saturated rings. The molecule has 10 heteroatoms. The van der Waals surface area contributed by atoms with Gasteiger partial charge in [-0.1, -0.05) is 6.42 Å². The number of fused-ring (bicyclic) bond motifs is 2. The molecule has 4 heterocycles. The number of nitrogens with one attached hydrogen (secondary N) is 1. The van der Waals surface area contributed by atoms with Crippen molar-refractivity contribution >= 4 is 16.8 Å². The van der Waals surface area contributed by atoms with Gasteiger partial charge in [0.2, 0.25) is 17.1 Å². The standard InChI is InChI=1S/C25H27N3O7/c26-22(30)11-16(24-23(31)19(29)10-15(35-24)13-28-4-2-1-3-5-28)17-8-14-9-20-21(34-7-6-33-20)12-18(14)27-25(17)32/h8-10,12,16,31H,1-7,11,13H2,(H2,26,30)(H,27,32)/t16-/m0/s1. The van der Waals surface area contributed by atoms with Crippen LogP contribution >= 0.6 is 0 Å². The first-order valence-electron chi connectivity index (χ1n) is 11.7. The van der Waals surface area contributed by atoms with E-state index in [1.807, 2.05) is 0 Å². The third-order valence-corrected chi connectivity index (χ3v) is 6.46. The number of likely N-dealkylation sites (tertiary alicyclic amines) is 1. The minimum atomic E-state index is -1.05. The van der Waals surface area contributed by atoms with Crippen LogP contribution in [-0.2, 0) is 11.3 Å². The Morgan fingerprint density at radius 2 is 1.77 bits per heavy atom. The Bertz CT molecular complexity index is 1390. The lowest BCUT2D eigenvalue weighted by Gasteiger charge is -2.26. The van der Waals surface area contributed by atoms with Gasteiger partial charge in [0.05, 0.1) is 18.0 Å². The molecule has 1 amide bonds. The van der Waals surface area contributed by atoms with Crippen LogP contribution in [0.1, 0.15) is 48.7 Å². The summed E-state index contributed by atoms with van der Waals surface area (Å²) in [7, 11) is 0. The Labute approximate surface area is 200 Å². The minimum Gasteiger partial charge on any atom is -0.502 e. The number of H-pyrrole nitrogens is 1. The van der Waals surface area contributed by atoms with Gasteiger partial charge in [-0.25, -0.2) is 0 Å².